The molecule has 0 fully saturated rings. The third-order valence-corrected chi connectivity index (χ3v) is 5.30. The zero-order chi connectivity index (χ0) is 19.4. The van der Waals surface area contributed by atoms with E-state index in [1.807, 2.05) is 0 Å². The highest BCUT2D eigenvalue weighted by Gasteiger charge is 2.23. The zero-order valence-corrected chi connectivity index (χ0v) is 15.7. The Labute approximate surface area is 160 Å². The molecule has 0 amide bonds. The van der Waals surface area contributed by atoms with Crippen LogP contribution in [-0.4, -0.2) is 25.6 Å². The predicted octanol–water partition coefficient (Wildman–Crippen LogP) is 3.00. The maximum Gasteiger partial charge on any atom is 0.324 e. The molecule has 3 rings (SSSR count). The third kappa shape index (κ3) is 4.76. The van der Waals surface area contributed by atoms with Crippen molar-refractivity contribution in [1.29, 1.82) is 0 Å². The van der Waals surface area contributed by atoms with Gasteiger partial charge in [-0.3, -0.25) is 4.79 Å². The first-order valence-corrected chi connectivity index (χ1v) is 9.65. The summed E-state index contributed by atoms with van der Waals surface area (Å²) >= 11 is 5.74. The van der Waals surface area contributed by atoms with Crippen LogP contribution in [0, 0.1) is 0 Å². The third-order valence-electron chi connectivity index (χ3n) is 3.49. The molecular formula is C17H15ClN2O6S. The van der Waals surface area contributed by atoms with E-state index in [2.05, 4.69) is 9.88 Å². The number of ether oxygens (including phenoxy) is 1. The van der Waals surface area contributed by atoms with Gasteiger partial charge < -0.3 is 13.7 Å². The first kappa shape index (κ1) is 19.2. The minimum atomic E-state index is -3.89. The molecule has 1 unspecified atom stereocenters. The first-order chi connectivity index (χ1) is 12.8. The Morgan fingerprint density at radius 2 is 2.00 bits per heavy atom. The van der Waals surface area contributed by atoms with Crippen LogP contribution in [0.4, 0.5) is 0 Å². The number of aromatic nitrogens is 1. The highest BCUT2D eigenvalue weighted by atomic mass is 35.5. The first-order valence-electron chi connectivity index (χ1n) is 7.79. The van der Waals surface area contributed by atoms with Crippen LogP contribution < -0.4 is 4.72 Å². The van der Waals surface area contributed by atoms with E-state index in [0.29, 0.717) is 22.2 Å². The van der Waals surface area contributed by atoms with Crippen molar-refractivity contribution >= 4 is 27.6 Å². The normalized spacial score (nSPS) is 12.7. The summed E-state index contributed by atoms with van der Waals surface area (Å²) < 4.78 is 42.1. The van der Waals surface area contributed by atoms with Gasteiger partial charge in [-0.05, 0) is 43.3 Å². The van der Waals surface area contributed by atoms with E-state index in [-0.39, 0.29) is 11.5 Å². The molecular weight excluding hydrogens is 396 g/mol. The van der Waals surface area contributed by atoms with Crippen LogP contribution in [0.25, 0.3) is 11.5 Å². The van der Waals surface area contributed by atoms with Crippen molar-refractivity contribution in [3.05, 3.63) is 59.4 Å². The van der Waals surface area contributed by atoms with E-state index in [4.69, 9.17) is 25.3 Å². The Hall–Kier alpha value is -2.62. The van der Waals surface area contributed by atoms with Gasteiger partial charge >= 0.3 is 5.97 Å². The van der Waals surface area contributed by atoms with Gasteiger partial charge in [0.1, 0.15) is 18.3 Å². The molecule has 0 radical (unpaired) electrons. The standard InChI is InChI=1S/C17H15ClN2O6S/c1-11(20-27(22,23)14-6-4-12(18)5-7-14)17(21)25-10-13-9-16(26-19-13)15-3-2-8-24-15/h2-9,11,20H,10H2,1H3. The van der Waals surface area contributed by atoms with E-state index in [0.717, 1.165) is 0 Å². The summed E-state index contributed by atoms with van der Waals surface area (Å²) in [5.74, 6) is 0.127. The summed E-state index contributed by atoms with van der Waals surface area (Å²) in [5, 5.41) is 4.18. The number of hydrogen-bond donors (Lipinski definition) is 1. The van der Waals surface area contributed by atoms with E-state index < -0.39 is 22.0 Å². The molecule has 27 heavy (non-hydrogen) atoms. The number of nitrogens with zero attached hydrogens (tertiary/aromatic N) is 1. The van der Waals surface area contributed by atoms with Crippen molar-refractivity contribution in [1.82, 2.24) is 9.88 Å². The fourth-order valence-corrected chi connectivity index (χ4v) is 3.47. The van der Waals surface area contributed by atoms with Crippen molar-refractivity contribution in [2.45, 2.75) is 24.5 Å². The van der Waals surface area contributed by atoms with Crippen molar-refractivity contribution in [3.63, 3.8) is 0 Å². The number of furan rings is 1. The number of sulfonamides is 1. The van der Waals surface area contributed by atoms with Gasteiger partial charge in [0, 0.05) is 11.1 Å². The molecule has 0 aliphatic heterocycles. The minimum Gasteiger partial charge on any atom is -0.461 e. The second kappa shape index (κ2) is 7.95. The van der Waals surface area contributed by atoms with E-state index in [9.17, 15) is 13.2 Å². The second-order valence-electron chi connectivity index (χ2n) is 5.56. The van der Waals surface area contributed by atoms with Gasteiger partial charge in [-0.2, -0.15) is 4.72 Å². The molecule has 3 aromatic rings. The van der Waals surface area contributed by atoms with Gasteiger partial charge in [0.2, 0.25) is 15.8 Å². The summed E-state index contributed by atoms with van der Waals surface area (Å²) in [6.07, 6.45) is 1.49. The molecule has 8 nitrogen and oxygen atoms in total. The number of benzene rings is 1. The lowest BCUT2D eigenvalue weighted by molar-refractivity contribution is -0.146. The molecule has 10 heteroatoms. The number of esters is 1. The van der Waals surface area contributed by atoms with Gasteiger partial charge in [-0.15, -0.1) is 0 Å². The van der Waals surface area contributed by atoms with Crippen LogP contribution >= 0.6 is 11.6 Å². The smallest absolute Gasteiger partial charge is 0.324 e. The SMILES string of the molecule is CC(NS(=O)(=O)c1ccc(Cl)cc1)C(=O)OCc1cc(-c2ccco2)on1. The predicted molar refractivity (Wildman–Crippen MR) is 95.2 cm³/mol. The van der Waals surface area contributed by atoms with Crippen LogP contribution in [0.2, 0.25) is 5.02 Å². The summed E-state index contributed by atoms with van der Waals surface area (Å²) in [4.78, 5) is 12.1. The molecule has 0 aliphatic rings. The largest absolute Gasteiger partial charge is 0.461 e. The fourth-order valence-electron chi connectivity index (χ4n) is 2.15. The molecule has 2 heterocycles. The van der Waals surface area contributed by atoms with Crippen molar-refractivity contribution in [3.8, 4) is 11.5 Å². The molecule has 1 aromatic carbocycles. The summed E-state index contributed by atoms with van der Waals surface area (Å²) in [7, 11) is -3.89. The van der Waals surface area contributed by atoms with Crippen LogP contribution in [0.5, 0.6) is 0 Å². The van der Waals surface area contributed by atoms with Gasteiger partial charge in [0.15, 0.2) is 5.76 Å². The second-order valence-corrected chi connectivity index (χ2v) is 7.71. The fraction of sp³-hybridized carbons (Fsp3) is 0.176. The average molecular weight is 411 g/mol. The van der Waals surface area contributed by atoms with Gasteiger partial charge in [-0.1, -0.05) is 16.8 Å². The molecule has 0 aliphatic carbocycles. The van der Waals surface area contributed by atoms with Crippen LogP contribution in [-0.2, 0) is 26.2 Å². The van der Waals surface area contributed by atoms with Crippen molar-refractivity contribution in [2.24, 2.45) is 0 Å². The minimum absolute atomic E-state index is 0.00820. The molecule has 0 spiro atoms. The van der Waals surface area contributed by atoms with E-state index in [1.165, 1.54) is 37.5 Å². The van der Waals surface area contributed by atoms with Gasteiger partial charge in [0.05, 0.1) is 11.2 Å². The van der Waals surface area contributed by atoms with Gasteiger partial charge in [-0.25, -0.2) is 8.42 Å². The molecule has 0 saturated heterocycles. The van der Waals surface area contributed by atoms with Crippen molar-refractivity contribution < 1.29 is 26.9 Å². The highest BCUT2D eigenvalue weighted by molar-refractivity contribution is 7.89. The van der Waals surface area contributed by atoms with E-state index in [1.54, 1.807) is 18.2 Å². The number of nitrogens with one attached hydrogen (secondary N) is 1. The number of hydrogen-bond acceptors (Lipinski definition) is 7. The van der Waals surface area contributed by atoms with Crippen molar-refractivity contribution in [2.75, 3.05) is 0 Å². The number of rotatable bonds is 7. The number of carbonyl (C=O) groups is 1. The maximum atomic E-state index is 12.3. The van der Waals surface area contributed by atoms with Crippen LogP contribution in [0.3, 0.4) is 0 Å². The Balaban J connectivity index is 1.57. The zero-order valence-electron chi connectivity index (χ0n) is 14.1. The van der Waals surface area contributed by atoms with E-state index >= 15 is 0 Å². The highest BCUT2D eigenvalue weighted by Crippen LogP contribution is 2.21. The number of halogens is 1. The lowest BCUT2D eigenvalue weighted by Crippen LogP contribution is -2.39. The summed E-state index contributed by atoms with van der Waals surface area (Å²) in [6, 6.07) is 9.44. The maximum absolute atomic E-state index is 12.3. The van der Waals surface area contributed by atoms with Crippen LogP contribution in [0.1, 0.15) is 12.6 Å². The quantitative estimate of drug-likeness (QED) is 0.596. The number of carbonyl (C=O) groups excluding carboxylic acids is 1. The molecule has 142 valence electrons. The summed E-state index contributed by atoms with van der Waals surface area (Å²) in [6.45, 7) is 1.21. The summed E-state index contributed by atoms with van der Waals surface area (Å²) in [5.41, 5.74) is 0.363. The molecule has 0 saturated carbocycles. The molecule has 0 bridgehead atoms. The lowest BCUT2D eigenvalue weighted by atomic mass is 10.3. The Kier molecular flexibility index (Phi) is 5.64. The Bertz CT molecular complexity index is 1010. The Morgan fingerprint density at radius 3 is 2.67 bits per heavy atom. The average Bonchev–Trinajstić information content (AvgIpc) is 3.31. The van der Waals surface area contributed by atoms with Gasteiger partial charge in [0.25, 0.3) is 0 Å². The topological polar surface area (TPSA) is 112 Å². The van der Waals surface area contributed by atoms with Crippen LogP contribution in [0.15, 0.2) is 62.6 Å². The molecule has 1 N–H and O–H groups in total. The monoisotopic (exact) mass is 410 g/mol. The lowest BCUT2D eigenvalue weighted by Gasteiger charge is -2.13. The Morgan fingerprint density at radius 1 is 1.26 bits per heavy atom. The molecule has 1 atom stereocenters. The molecule has 2 aromatic heterocycles.